The molecule has 0 nitrogen and oxygen atoms in total. The molecule has 1 aliphatic rings. The van der Waals surface area contributed by atoms with Crippen LogP contribution in [-0.2, 0) is 34.6 Å². The maximum absolute atomic E-state index is 2.26. The Labute approximate surface area is 76.9 Å². The zero-order valence-corrected chi connectivity index (χ0v) is 7.62. The summed E-state index contributed by atoms with van der Waals surface area (Å²) in [7, 11) is 0. The first kappa shape index (κ1) is 8.16. The predicted octanol–water partition coefficient (Wildman–Crippen LogP) is 2.28. The van der Waals surface area contributed by atoms with Gasteiger partial charge in [0.25, 0.3) is 0 Å². The van der Waals surface area contributed by atoms with Crippen molar-refractivity contribution >= 4 is 0 Å². The molecule has 0 atom stereocenters. The first-order valence-corrected chi connectivity index (χ1v) is 3.70. The van der Waals surface area contributed by atoms with Gasteiger partial charge >= 0.3 is 0 Å². The number of fused-ring (bicyclic) bond motifs is 1. The van der Waals surface area contributed by atoms with Crippen molar-refractivity contribution in [1.82, 2.24) is 0 Å². The minimum absolute atomic E-state index is 0. The third-order valence-electron chi connectivity index (χ3n) is 2.15. The maximum atomic E-state index is 2.26. The molecular weight excluding hydrogens is 156 g/mol. The molecule has 52 valence electrons. The zero-order valence-electron chi connectivity index (χ0n) is 6.06. The van der Waals surface area contributed by atoms with Crippen LogP contribution in [0.5, 0.6) is 0 Å². The van der Waals surface area contributed by atoms with Crippen LogP contribution in [0, 0.1) is 0 Å². The maximum Gasteiger partial charge on any atom is 0 e. The Bertz CT molecular complexity index is 180. The Kier molecular flexibility index (Phi) is 2.82. The second kappa shape index (κ2) is 3.45. The summed E-state index contributed by atoms with van der Waals surface area (Å²) in [6.07, 6.45) is 5.44. The molecule has 1 aliphatic carbocycles. The van der Waals surface area contributed by atoms with Gasteiger partial charge in [0, 0.05) is 21.7 Å². The van der Waals surface area contributed by atoms with Crippen LogP contribution in [0.2, 0.25) is 0 Å². The smallest absolute Gasteiger partial charge is 0 e. The number of rotatable bonds is 0. The van der Waals surface area contributed by atoms with E-state index >= 15 is 0 Å². The Balaban J connectivity index is 0.000000500. The Morgan fingerprint density at radius 3 is 2.80 bits per heavy atom. The molecule has 0 bridgehead atoms. The fraction of sp³-hybridized carbons (Fsp3) is 0.444. The summed E-state index contributed by atoms with van der Waals surface area (Å²) in [6.45, 7) is 0. The SMILES string of the molecule is [Ti].c1cc2c([cH-]1)CCCC2. The molecule has 0 saturated heterocycles. The molecule has 1 heteroatoms. The fourth-order valence-electron chi connectivity index (χ4n) is 1.61. The topological polar surface area (TPSA) is 0 Å². The summed E-state index contributed by atoms with van der Waals surface area (Å²) in [4.78, 5) is 0. The number of hydrogen-bond donors (Lipinski definition) is 0. The Hall–Kier alpha value is 0.0643. The van der Waals surface area contributed by atoms with Gasteiger partial charge in [-0.1, -0.05) is 25.7 Å². The van der Waals surface area contributed by atoms with E-state index in [-0.39, 0.29) is 21.7 Å². The molecule has 0 spiro atoms. The minimum atomic E-state index is 0. The predicted molar refractivity (Wildman–Crippen MR) is 38.7 cm³/mol. The van der Waals surface area contributed by atoms with Crippen molar-refractivity contribution in [3.05, 3.63) is 29.3 Å². The molecule has 0 aromatic heterocycles. The Morgan fingerprint density at radius 2 is 2.00 bits per heavy atom. The molecule has 1 aromatic carbocycles. The molecule has 10 heavy (non-hydrogen) atoms. The van der Waals surface area contributed by atoms with Gasteiger partial charge in [-0.3, -0.25) is 0 Å². The molecule has 1 aromatic rings. The third-order valence-corrected chi connectivity index (χ3v) is 2.15. The van der Waals surface area contributed by atoms with E-state index in [0.29, 0.717) is 0 Å². The van der Waals surface area contributed by atoms with E-state index in [1.54, 1.807) is 11.1 Å². The summed E-state index contributed by atoms with van der Waals surface area (Å²) in [5.41, 5.74) is 3.20. The summed E-state index contributed by atoms with van der Waals surface area (Å²) in [5, 5.41) is 0. The van der Waals surface area contributed by atoms with E-state index in [0.717, 1.165) is 0 Å². The normalized spacial score (nSPS) is 15.6. The van der Waals surface area contributed by atoms with E-state index in [4.69, 9.17) is 0 Å². The van der Waals surface area contributed by atoms with Crippen LogP contribution in [0.3, 0.4) is 0 Å². The van der Waals surface area contributed by atoms with E-state index in [2.05, 4.69) is 18.2 Å². The van der Waals surface area contributed by atoms with Crippen LogP contribution in [0.4, 0.5) is 0 Å². The number of hydrogen-bond acceptors (Lipinski definition) is 0. The van der Waals surface area contributed by atoms with Crippen molar-refractivity contribution < 1.29 is 21.7 Å². The molecule has 0 N–H and O–H groups in total. The fourth-order valence-corrected chi connectivity index (χ4v) is 1.61. The summed E-state index contributed by atoms with van der Waals surface area (Å²) in [6, 6.07) is 6.69. The van der Waals surface area contributed by atoms with Crippen LogP contribution >= 0.6 is 0 Å². The van der Waals surface area contributed by atoms with Gasteiger partial charge in [-0.25, -0.2) is 6.07 Å². The van der Waals surface area contributed by atoms with Gasteiger partial charge in [0.15, 0.2) is 0 Å². The van der Waals surface area contributed by atoms with E-state index in [9.17, 15) is 0 Å². The first-order valence-electron chi connectivity index (χ1n) is 3.70. The monoisotopic (exact) mass is 167 g/mol. The van der Waals surface area contributed by atoms with Crippen molar-refractivity contribution in [2.45, 2.75) is 25.7 Å². The summed E-state index contributed by atoms with van der Waals surface area (Å²) < 4.78 is 0. The third kappa shape index (κ3) is 1.38. The molecule has 2 rings (SSSR count). The van der Waals surface area contributed by atoms with Crippen LogP contribution in [0.1, 0.15) is 24.0 Å². The van der Waals surface area contributed by atoms with Crippen molar-refractivity contribution in [3.8, 4) is 0 Å². The average molecular weight is 167 g/mol. The first-order chi connectivity index (χ1) is 4.47. The van der Waals surface area contributed by atoms with Gasteiger partial charge in [-0.15, -0.1) is 0 Å². The van der Waals surface area contributed by atoms with Gasteiger partial charge < -0.3 is 0 Å². The van der Waals surface area contributed by atoms with Gasteiger partial charge in [0.2, 0.25) is 0 Å². The molecule has 0 amide bonds. The van der Waals surface area contributed by atoms with Crippen LogP contribution in [0.15, 0.2) is 18.2 Å². The second-order valence-corrected chi connectivity index (χ2v) is 2.78. The van der Waals surface area contributed by atoms with Gasteiger partial charge in [-0.05, 0) is 0 Å². The zero-order chi connectivity index (χ0) is 6.10. The van der Waals surface area contributed by atoms with Crippen LogP contribution in [0.25, 0.3) is 0 Å². The second-order valence-electron chi connectivity index (χ2n) is 2.78. The molecule has 0 unspecified atom stereocenters. The minimum Gasteiger partial charge on any atom is -0.210 e. The number of aryl methyl sites for hydroxylation is 2. The molecule has 0 radical (unpaired) electrons. The van der Waals surface area contributed by atoms with Crippen molar-refractivity contribution in [1.29, 1.82) is 0 Å². The van der Waals surface area contributed by atoms with Crippen molar-refractivity contribution in [2.75, 3.05) is 0 Å². The van der Waals surface area contributed by atoms with E-state index < -0.39 is 0 Å². The summed E-state index contributed by atoms with van der Waals surface area (Å²) >= 11 is 0. The largest absolute Gasteiger partial charge is 0.210 e. The van der Waals surface area contributed by atoms with Crippen LogP contribution in [-0.4, -0.2) is 0 Å². The molecule has 0 aliphatic heterocycles. The van der Waals surface area contributed by atoms with E-state index in [1.807, 2.05) is 0 Å². The Morgan fingerprint density at radius 1 is 1.20 bits per heavy atom. The molecular formula is C9H11Ti-. The van der Waals surface area contributed by atoms with Crippen molar-refractivity contribution in [3.63, 3.8) is 0 Å². The summed E-state index contributed by atoms with van der Waals surface area (Å²) in [5.74, 6) is 0. The molecule has 0 fully saturated rings. The van der Waals surface area contributed by atoms with E-state index in [1.165, 1.54) is 25.7 Å². The van der Waals surface area contributed by atoms with Gasteiger partial charge in [0.1, 0.15) is 0 Å². The molecule has 0 heterocycles. The van der Waals surface area contributed by atoms with Gasteiger partial charge in [-0.2, -0.15) is 23.3 Å². The van der Waals surface area contributed by atoms with Crippen LogP contribution < -0.4 is 0 Å². The molecule has 0 saturated carbocycles. The van der Waals surface area contributed by atoms with Gasteiger partial charge in [0.05, 0.1) is 0 Å². The average Bonchev–Trinajstić information content (AvgIpc) is 2.33. The quantitative estimate of drug-likeness (QED) is 0.410. The standard InChI is InChI=1S/C9H11.Ti/c1-2-5-9-7-3-6-8(9)4-1;/h3,6-7H,1-2,4-5H2;/q-1;. The van der Waals surface area contributed by atoms with Crippen molar-refractivity contribution in [2.24, 2.45) is 0 Å².